The number of rotatable bonds is 6. The Hall–Kier alpha value is -3.02. The number of aryl methyl sites for hydroxylation is 1. The van der Waals surface area contributed by atoms with Crippen molar-refractivity contribution in [2.45, 2.75) is 40.3 Å². The second kappa shape index (κ2) is 7.70. The van der Waals surface area contributed by atoms with Crippen molar-refractivity contribution >= 4 is 22.8 Å². The Morgan fingerprint density at radius 3 is 2.67 bits per heavy atom. The van der Waals surface area contributed by atoms with Gasteiger partial charge in [0.2, 0.25) is 5.91 Å². The van der Waals surface area contributed by atoms with Crippen molar-refractivity contribution in [2.75, 3.05) is 6.61 Å². The normalized spacial score (nSPS) is 12.1. The zero-order valence-electron chi connectivity index (χ0n) is 16.0. The lowest BCUT2D eigenvalue weighted by Crippen LogP contribution is -2.30. The average molecular weight is 368 g/mol. The van der Waals surface area contributed by atoms with Gasteiger partial charge in [-0.2, -0.15) is 0 Å². The number of carbonyl (C=O) groups is 2. The van der Waals surface area contributed by atoms with Crippen LogP contribution < -0.4 is 5.32 Å². The minimum Gasteiger partial charge on any atom is -0.462 e. The van der Waals surface area contributed by atoms with Crippen molar-refractivity contribution in [3.63, 3.8) is 0 Å². The smallest absolute Gasteiger partial charge is 0.339 e. The van der Waals surface area contributed by atoms with E-state index in [9.17, 15) is 9.59 Å². The summed E-state index contributed by atoms with van der Waals surface area (Å²) in [6.45, 7) is 7.78. The minimum atomic E-state index is -0.368. The predicted molar refractivity (Wildman–Crippen MR) is 103 cm³/mol. The van der Waals surface area contributed by atoms with Crippen LogP contribution in [-0.2, 0) is 16.1 Å². The third-order valence-corrected chi connectivity index (χ3v) is 4.62. The van der Waals surface area contributed by atoms with Gasteiger partial charge in [-0.1, -0.05) is 18.2 Å². The summed E-state index contributed by atoms with van der Waals surface area (Å²) in [5.74, 6) is 0.186. The summed E-state index contributed by atoms with van der Waals surface area (Å²) in [4.78, 5) is 24.5. The Morgan fingerprint density at radius 1 is 1.22 bits per heavy atom. The van der Waals surface area contributed by atoms with Crippen molar-refractivity contribution in [2.24, 2.45) is 0 Å². The van der Waals surface area contributed by atoms with Crippen molar-refractivity contribution in [1.82, 2.24) is 9.88 Å². The molecule has 0 aliphatic heterocycles. The minimum absolute atomic E-state index is 0.127. The fraction of sp³-hybridized carbons (Fsp3) is 0.333. The van der Waals surface area contributed by atoms with Gasteiger partial charge >= 0.3 is 5.97 Å². The number of furan rings is 1. The van der Waals surface area contributed by atoms with Crippen LogP contribution in [0.4, 0.5) is 0 Å². The van der Waals surface area contributed by atoms with E-state index in [0.29, 0.717) is 17.9 Å². The lowest BCUT2D eigenvalue weighted by Gasteiger charge is -2.14. The molecule has 1 aromatic carbocycles. The Kier molecular flexibility index (Phi) is 5.35. The number of aromatic nitrogens is 1. The Balaban J connectivity index is 1.71. The quantitative estimate of drug-likeness (QED) is 0.670. The van der Waals surface area contributed by atoms with Crippen molar-refractivity contribution in [3.8, 4) is 0 Å². The second-order valence-electron chi connectivity index (χ2n) is 6.57. The number of ether oxygens (including phenoxy) is 1. The van der Waals surface area contributed by atoms with Crippen LogP contribution in [0.5, 0.6) is 0 Å². The molecule has 142 valence electrons. The number of para-hydroxylation sites is 1. The molecule has 0 radical (unpaired) electrons. The lowest BCUT2D eigenvalue weighted by molar-refractivity contribution is -0.122. The van der Waals surface area contributed by atoms with Crippen LogP contribution in [0.3, 0.4) is 0 Å². The van der Waals surface area contributed by atoms with E-state index in [-0.39, 0.29) is 24.5 Å². The molecule has 0 aliphatic carbocycles. The third kappa shape index (κ3) is 3.89. The van der Waals surface area contributed by atoms with Crippen LogP contribution in [0, 0.1) is 13.8 Å². The highest BCUT2D eigenvalue weighted by atomic mass is 16.5. The fourth-order valence-corrected chi connectivity index (χ4v) is 3.18. The standard InChI is InChI=1S/C21H24N2O4/c1-5-26-21(25)17-10-13(2)23(15(17)4)12-20(24)22-14(3)19-11-16-8-6-7-9-18(16)27-19/h6-11,14H,5,12H2,1-4H3,(H,22,24)/t14-/m0/s1. The highest BCUT2D eigenvalue weighted by Crippen LogP contribution is 2.23. The van der Waals surface area contributed by atoms with Gasteiger partial charge in [-0.05, 0) is 45.9 Å². The number of amides is 1. The first-order valence-corrected chi connectivity index (χ1v) is 9.02. The molecule has 0 fully saturated rings. The van der Waals surface area contributed by atoms with Crippen LogP contribution in [0.2, 0.25) is 0 Å². The van der Waals surface area contributed by atoms with Crippen molar-refractivity contribution in [3.05, 3.63) is 59.1 Å². The van der Waals surface area contributed by atoms with Gasteiger partial charge in [0.15, 0.2) is 0 Å². The summed E-state index contributed by atoms with van der Waals surface area (Å²) in [5, 5.41) is 3.96. The zero-order valence-corrected chi connectivity index (χ0v) is 16.0. The summed E-state index contributed by atoms with van der Waals surface area (Å²) >= 11 is 0. The summed E-state index contributed by atoms with van der Waals surface area (Å²) < 4.78 is 12.7. The number of hydrogen-bond donors (Lipinski definition) is 1. The molecule has 1 atom stereocenters. The Labute approximate surface area is 158 Å². The van der Waals surface area contributed by atoms with Gasteiger partial charge in [-0.3, -0.25) is 4.79 Å². The maximum atomic E-state index is 12.5. The SMILES string of the molecule is CCOC(=O)c1cc(C)n(CC(=O)N[C@@H](C)c2cc3ccccc3o2)c1C. The third-order valence-electron chi connectivity index (χ3n) is 4.62. The molecular weight excluding hydrogens is 344 g/mol. The van der Waals surface area contributed by atoms with E-state index in [1.54, 1.807) is 13.0 Å². The fourth-order valence-electron chi connectivity index (χ4n) is 3.18. The topological polar surface area (TPSA) is 73.5 Å². The van der Waals surface area contributed by atoms with E-state index < -0.39 is 0 Å². The number of carbonyl (C=O) groups excluding carboxylic acids is 2. The van der Waals surface area contributed by atoms with E-state index in [1.165, 1.54) is 0 Å². The average Bonchev–Trinajstić information content (AvgIpc) is 3.18. The molecular formula is C21H24N2O4. The Bertz CT molecular complexity index is 950. The zero-order chi connectivity index (χ0) is 19.6. The highest BCUT2D eigenvalue weighted by Gasteiger charge is 2.19. The molecule has 2 heterocycles. The number of nitrogens with one attached hydrogen (secondary N) is 1. The van der Waals surface area contributed by atoms with Crippen LogP contribution in [0.1, 0.15) is 47.4 Å². The molecule has 0 spiro atoms. The van der Waals surface area contributed by atoms with Crippen molar-refractivity contribution < 1.29 is 18.7 Å². The van der Waals surface area contributed by atoms with Crippen LogP contribution in [0.15, 0.2) is 40.8 Å². The Morgan fingerprint density at radius 2 is 1.96 bits per heavy atom. The number of esters is 1. The van der Waals surface area contributed by atoms with E-state index in [2.05, 4.69) is 5.32 Å². The maximum absolute atomic E-state index is 12.5. The van der Waals surface area contributed by atoms with Gasteiger partial charge < -0.3 is 19.0 Å². The summed E-state index contributed by atoms with van der Waals surface area (Å²) in [5.41, 5.74) is 2.84. The summed E-state index contributed by atoms with van der Waals surface area (Å²) in [6, 6.07) is 11.2. The van der Waals surface area contributed by atoms with E-state index in [0.717, 1.165) is 22.4 Å². The van der Waals surface area contributed by atoms with E-state index in [1.807, 2.05) is 55.7 Å². The van der Waals surface area contributed by atoms with Gasteiger partial charge in [0, 0.05) is 16.8 Å². The van der Waals surface area contributed by atoms with Gasteiger partial charge in [-0.15, -0.1) is 0 Å². The molecule has 0 bridgehead atoms. The molecule has 0 unspecified atom stereocenters. The number of benzene rings is 1. The first-order valence-electron chi connectivity index (χ1n) is 9.02. The first kappa shape index (κ1) is 18.8. The van der Waals surface area contributed by atoms with Crippen molar-refractivity contribution in [1.29, 1.82) is 0 Å². The number of fused-ring (bicyclic) bond motifs is 1. The summed E-state index contributed by atoms with van der Waals surface area (Å²) in [7, 11) is 0. The monoisotopic (exact) mass is 368 g/mol. The van der Waals surface area contributed by atoms with E-state index in [4.69, 9.17) is 9.15 Å². The van der Waals surface area contributed by atoms with Gasteiger partial charge in [0.1, 0.15) is 17.9 Å². The molecule has 27 heavy (non-hydrogen) atoms. The van der Waals surface area contributed by atoms with Gasteiger partial charge in [0.05, 0.1) is 18.2 Å². The van der Waals surface area contributed by atoms with Crippen LogP contribution in [0.25, 0.3) is 11.0 Å². The molecule has 0 saturated heterocycles. The number of nitrogens with zero attached hydrogens (tertiary/aromatic N) is 1. The lowest BCUT2D eigenvalue weighted by atomic mass is 10.2. The molecule has 3 aromatic rings. The van der Waals surface area contributed by atoms with Gasteiger partial charge in [-0.25, -0.2) is 4.79 Å². The predicted octanol–water partition coefficient (Wildman–Crippen LogP) is 3.91. The summed E-state index contributed by atoms with van der Waals surface area (Å²) in [6.07, 6.45) is 0. The number of hydrogen-bond acceptors (Lipinski definition) is 4. The molecule has 6 heteroatoms. The molecule has 3 rings (SSSR count). The molecule has 6 nitrogen and oxygen atoms in total. The van der Waals surface area contributed by atoms with Crippen LogP contribution >= 0.6 is 0 Å². The van der Waals surface area contributed by atoms with Crippen LogP contribution in [-0.4, -0.2) is 23.1 Å². The second-order valence-corrected chi connectivity index (χ2v) is 6.57. The first-order chi connectivity index (χ1) is 12.9. The molecule has 2 aromatic heterocycles. The largest absolute Gasteiger partial charge is 0.462 e. The maximum Gasteiger partial charge on any atom is 0.339 e. The molecule has 0 aliphatic rings. The molecule has 1 N–H and O–H groups in total. The highest BCUT2D eigenvalue weighted by molar-refractivity contribution is 5.91. The molecule has 0 saturated carbocycles. The van der Waals surface area contributed by atoms with Gasteiger partial charge in [0.25, 0.3) is 0 Å². The van der Waals surface area contributed by atoms with E-state index >= 15 is 0 Å². The molecule has 1 amide bonds.